The van der Waals surface area contributed by atoms with Crippen LogP contribution >= 0.6 is 0 Å². The summed E-state index contributed by atoms with van der Waals surface area (Å²) in [6.45, 7) is 0.405. The first-order valence-electron chi connectivity index (χ1n) is 10.7. The predicted molar refractivity (Wildman–Crippen MR) is 132 cm³/mol. The van der Waals surface area contributed by atoms with E-state index in [9.17, 15) is 4.79 Å². The van der Waals surface area contributed by atoms with Crippen LogP contribution in [0.25, 0.3) is 27.6 Å². The van der Waals surface area contributed by atoms with Crippen LogP contribution < -0.4 is 4.74 Å². The molecule has 0 atom stereocenters. The van der Waals surface area contributed by atoms with Gasteiger partial charge in [0.15, 0.2) is 5.78 Å². The summed E-state index contributed by atoms with van der Waals surface area (Å²) in [5.74, 6) is 0.547. The van der Waals surface area contributed by atoms with Crippen LogP contribution in [0.15, 0.2) is 115 Å². The molecule has 0 fully saturated rings. The Balaban J connectivity index is 1.51. The van der Waals surface area contributed by atoms with Crippen molar-refractivity contribution in [1.82, 2.24) is 0 Å². The number of carbonyl (C=O) groups is 1. The zero-order valence-electron chi connectivity index (χ0n) is 17.6. The van der Waals surface area contributed by atoms with Gasteiger partial charge in [0.2, 0.25) is 0 Å². The first-order valence-corrected chi connectivity index (χ1v) is 10.7. The summed E-state index contributed by atoms with van der Waals surface area (Å²) in [6, 6.07) is 36.1. The maximum absolute atomic E-state index is 13.3. The number of rotatable bonds is 6. The van der Waals surface area contributed by atoms with Gasteiger partial charge in [-0.05, 0) is 39.4 Å². The third-order valence-corrected chi connectivity index (χ3v) is 5.61. The Morgan fingerprint density at radius 1 is 0.656 bits per heavy atom. The van der Waals surface area contributed by atoms with Crippen molar-refractivity contribution in [3.05, 3.63) is 132 Å². The number of ether oxygens (including phenoxy) is 1. The van der Waals surface area contributed by atoms with Crippen LogP contribution in [0.2, 0.25) is 0 Å². The van der Waals surface area contributed by atoms with Gasteiger partial charge in [-0.2, -0.15) is 0 Å². The van der Waals surface area contributed by atoms with Crippen LogP contribution in [-0.4, -0.2) is 5.78 Å². The van der Waals surface area contributed by atoms with E-state index in [1.165, 1.54) is 0 Å². The van der Waals surface area contributed by atoms with Crippen LogP contribution in [-0.2, 0) is 6.61 Å². The molecule has 32 heavy (non-hydrogen) atoms. The number of hydrogen-bond acceptors (Lipinski definition) is 2. The quantitative estimate of drug-likeness (QED) is 0.213. The van der Waals surface area contributed by atoms with Gasteiger partial charge in [-0.3, -0.25) is 4.79 Å². The molecule has 0 unspecified atom stereocenters. The van der Waals surface area contributed by atoms with Crippen LogP contribution in [0, 0.1) is 0 Å². The van der Waals surface area contributed by atoms with Crippen molar-refractivity contribution in [3.8, 4) is 5.75 Å². The fourth-order valence-electron chi connectivity index (χ4n) is 3.97. The smallest absolute Gasteiger partial charge is 0.189 e. The summed E-state index contributed by atoms with van der Waals surface area (Å²) in [6.07, 6.45) is 3.53. The van der Waals surface area contributed by atoms with E-state index in [1.54, 1.807) is 6.08 Å². The van der Waals surface area contributed by atoms with Gasteiger partial charge >= 0.3 is 0 Å². The Kier molecular flexibility index (Phi) is 5.50. The largest absolute Gasteiger partial charge is 0.487 e. The second-order valence-corrected chi connectivity index (χ2v) is 7.70. The molecule has 0 aliphatic rings. The summed E-state index contributed by atoms with van der Waals surface area (Å²) in [4.78, 5) is 13.3. The molecule has 5 rings (SSSR count). The van der Waals surface area contributed by atoms with Crippen molar-refractivity contribution in [2.75, 3.05) is 0 Å². The minimum atomic E-state index is -0.0771. The van der Waals surface area contributed by atoms with Crippen LogP contribution in [0.1, 0.15) is 21.5 Å². The highest BCUT2D eigenvalue weighted by atomic mass is 16.5. The molecule has 2 heteroatoms. The molecular weight excluding hydrogens is 392 g/mol. The Labute approximate surface area is 187 Å². The van der Waals surface area contributed by atoms with E-state index in [2.05, 4.69) is 18.2 Å². The zero-order valence-corrected chi connectivity index (χ0v) is 17.6. The first-order chi connectivity index (χ1) is 15.8. The van der Waals surface area contributed by atoms with Crippen molar-refractivity contribution >= 4 is 33.4 Å². The lowest BCUT2D eigenvalue weighted by atomic mass is 10.0. The van der Waals surface area contributed by atoms with Crippen molar-refractivity contribution in [2.45, 2.75) is 6.61 Å². The van der Waals surface area contributed by atoms with Crippen molar-refractivity contribution in [3.63, 3.8) is 0 Å². The molecule has 0 saturated heterocycles. The number of allylic oxidation sites excluding steroid dienone is 1. The number of carbonyl (C=O) groups excluding carboxylic acids is 1. The minimum Gasteiger partial charge on any atom is -0.487 e. The highest BCUT2D eigenvalue weighted by Gasteiger charge is 2.14. The van der Waals surface area contributed by atoms with Gasteiger partial charge in [0.05, 0.1) is 5.56 Å². The molecule has 0 spiro atoms. The highest BCUT2D eigenvalue weighted by molar-refractivity contribution is 6.12. The molecule has 0 bridgehead atoms. The van der Waals surface area contributed by atoms with Gasteiger partial charge in [-0.1, -0.05) is 109 Å². The van der Waals surface area contributed by atoms with Crippen molar-refractivity contribution < 1.29 is 9.53 Å². The van der Waals surface area contributed by atoms with Gasteiger partial charge in [0.25, 0.3) is 0 Å². The lowest BCUT2D eigenvalue weighted by Gasteiger charge is -2.13. The Bertz CT molecular complexity index is 1430. The van der Waals surface area contributed by atoms with Gasteiger partial charge in [-0.25, -0.2) is 0 Å². The molecule has 0 radical (unpaired) electrons. The molecule has 154 valence electrons. The molecule has 0 N–H and O–H groups in total. The van der Waals surface area contributed by atoms with E-state index in [1.807, 2.05) is 97.1 Å². The molecule has 0 heterocycles. The monoisotopic (exact) mass is 414 g/mol. The van der Waals surface area contributed by atoms with Crippen LogP contribution in [0.3, 0.4) is 0 Å². The van der Waals surface area contributed by atoms with E-state index in [0.29, 0.717) is 17.9 Å². The maximum atomic E-state index is 13.3. The zero-order chi connectivity index (χ0) is 21.8. The molecular formula is C30H22O2. The number of fused-ring (bicyclic) bond motifs is 2. The molecule has 0 saturated carbocycles. The fraction of sp³-hybridized carbons (Fsp3) is 0.0333. The third-order valence-electron chi connectivity index (χ3n) is 5.61. The summed E-state index contributed by atoms with van der Waals surface area (Å²) >= 11 is 0. The van der Waals surface area contributed by atoms with Crippen LogP contribution in [0.4, 0.5) is 0 Å². The van der Waals surface area contributed by atoms with Crippen LogP contribution in [0.5, 0.6) is 5.75 Å². The summed E-state index contributed by atoms with van der Waals surface area (Å²) in [5, 5.41) is 4.26. The molecule has 0 aromatic heterocycles. The standard InChI is InChI=1S/C30H22O2/c31-29(20-18-24-14-8-13-23-11-4-6-15-26(23)24)28-19-17-25-12-5-7-16-27(25)30(28)32-21-22-9-2-1-3-10-22/h1-20H,21H2/b20-18+. The van der Waals surface area contributed by atoms with E-state index in [-0.39, 0.29) is 5.78 Å². The van der Waals surface area contributed by atoms with Crippen molar-refractivity contribution in [1.29, 1.82) is 0 Å². The van der Waals surface area contributed by atoms with E-state index >= 15 is 0 Å². The van der Waals surface area contributed by atoms with Crippen molar-refractivity contribution in [2.24, 2.45) is 0 Å². The van der Waals surface area contributed by atoms with E-state index in [0.717, 1.165) is 32.7 Å². The fourth-order valence-corrected chi connectivity index (χ4v) is 3.97. The Hall–Kier alpha value is -4.17. The summed E-state index contributed by atoms with van der Waals surface area (Å²) in [5.41, 5.74) is 2.64. The number of benzene rings is 5. The molecule has 0 aliphatic carbocycles. The first kappa shape index (κ1) is 19.8. The minimum absolute atomic E-state index is 0.0771. The van der Waals surface area contributed by atoms with Gasteiger partial charge in [-0.15, -0.1) is 0 Å². The summed E-state index contributed by atoms with van der Waals surface area (Å²) in [7, 11) is 0. The average molecular weight is 415 g/mol. The average Bonchev–Trinajstić information content (AvgIpc) is 2.86. The number of hydrogen-bond donors (Lipinski definition) is 0. The lowest BCUT2D eigenvalue weighted by Crippen LogP contribution is -2.03. The molecule has 5 aromatic rings. The Morgan fingerprint density at radius 3 is 2.12 bits per heavy atom. The predicted octanol–water partition coefficient (Wildman–Crippen LogP) is 7.47. The second-order valence-electron chi connectivity index (χ2n) is 7.70. The molecule has 2 nitrogen and oxygen atoms in total. The molecule has 5 aromatic carbocycles. The Morgan fingerprint density at radius 2 is 1.31 bits per heavy atom. The van der Waals surface area contributed by atoms with Gasteiger partial charge in [0, 0.05) is 5.39 Å². The van der Waals surface area contributed by atoms with E-state index < -0.39 is 0 Å². The number of ketones is 1. The normalized spacial score (nSPS) is 11.2. The maximum Gasteiger partial charge on any atom is 0.189 e. The van der Waals surface area contributed by atoms with Gasteiger partial charge in [0.1, 0.15) is 12.4 Å². The molecule has 0 aliphatic heterocycles. The molecule has 0 amide bonds. The second kappa shape index (κ2) is 8.91. The lowest BCUT2D eigenvalue weighted by molar-refractivity contribution is 0.104. The highest BCUT2D eigenvalue weighted by Crippen LogP contribution is 2.31. The summed E-state index contributed by atoms with van der Waals surface area (Å²) < 4.78 is 6.23. The topological polar surface area (TPSA) is 26.3 Å². The van der Waals surface area contributed by atoms with Gasteiger partial charge < -0.3 is 4.74 Å². The SMILES string of the molecule is O=C(/C=C/c1cccc2ccccc12)c1ccc2ccccc2c1OCc1ccccc1. The third kappa shape index (κ3) is 4.03. The van der Waals surface area contributed by atoms with E-state index in [4.69, 9.17) is 4.74 Å².